The molecule has 64 valence electrons. The number of hydrogen-bond donors (Lipinski definition) is 0. The van der Waals surface area contributed by atoms with E-state index in [1.807, 2.05) is 13.8 Å². The molecule has 0 heterocycles. The van der Waals surface area contributed by atoms with Crippen molar-refractivity contribution in [3.05, 3.63) is 12.2 Å². The standard InChI is InChI=1S/C9H16O2/c1-4-7-9(10)11-8(5-2)6-3/h4,7-8H,5-6H2,1-3H3. The van der Waals surface area contributed by atoms with E-state index < -0.39 is 0 Å². The van der Waals surface area contributed by atoms with Gasteiger partial charge in [-0.1, -0.05) is 19.9 Å². The lowest BCUT2D eigenvalue weighted by Crippen LogP contribution is -2.14. The highest BCUT2D eigenvalue weighted by Gasteiger charge is 2.06. The van der Waals surface area contributed by atoms with Crippen molar-refractivity contribution < 1.29 is 9.53 Å². The minimum Gasteiger partial charge on any atom is -0.459 e. The Morgan fingerprint density at radius 2 is 2.00 bits per heavy atom. The van der Waals surface area contributed by atoms with Crippen molar-refractivity contribution in [2.75, 3.05) is 0 Å². The summed E-state index contributed by atoms with van der Waals surface area (Å²) in [6.07, 6.45) is 4.99. The van der Waals surface area contributed by atoms with Crippen LogP contribution in [0.1, 0.15) is 33.6 Å². The molecule has 0 fully saturated rings. The van der Waals surface area contributed by atoms with Crippen LogP contribution in [0.15, 0.2) is 12.2 Å². The topological polar surface area (TPSA) is 26.3 Å². The third kappa shape index (κ3) is 4.59. The molecule has 0 N–H and O–H groups in total. The van der Waals surface area contributed by atoms with Crippen LogP contribution in [0.2, 0.25) is 0 Å². The van der Waals surface area contributed by atoms with E-state index >= 15 is 0 Å². The Balaban J connectivity index is 3.71. The zero-order valence-electron chi connectivity index (χ0n) is 7.46. The lowest BCUT2D eigenvalue weighted by atomic mass is 10.2. The fraction of sp³-hybridized carbons (Fsp3) is 0.667. The molecule has 0 bridgehead atoms. The Morgan fingerprint density at radius 1 is 1.45 bits per heavy atom. The Labute approximate surface area is 68.2 Å². The van der Waals surface area contributed by atoms with E-state index in [0.29, 0.717) is 0 Å². The van der Waals surface area contributed by atoms with Gasteiger partial charge in [-0.05, 0) is 19.8 Å². The maximum absolute atomic E-state index is 10.9. The zero-order chi connectivity index (χ0) is 8.69. The molecule has 0 radical (unpaired) electrons. The Bertz CT molecular complexity index is 134. The molecule has 2 nitrogen and oxygen atoms in total. The van der Waals surface area contributed by atoms with Crippen molar-refractivity contribution in [1.29, 1.82) is 0 Å². The van der Waals surface area contributed by atoms with Gasteiger partial charge in [-0.2, -0.15) is 0 Å². The SMILES string of the molecule is CC=CC(=O)OC(CC)CC. The van der Waals surface area contributed by atoms with Crippen LogP contribution in [0.25, 0.3) is 0 Å². The van der Waals surface area contributed by atoms with Gasteiger partial charge in [0.15, 0.2) is 0 Å². The summed E-state index contributed by atoms with van der Waals surface area (Å²) in [6.45, 7) is 5.82. The van der Waals surface area contributed by atoms with Gasteiger partial charge >= 0.3 is 5.97 Å². The second kappa shape index (κ2) is 5.96. The van der Waals surface area contributed by atoms with Gasteiger partial charge in [-0.15, -0.1) is 0 Å². The first-order valence-electron chi connectivity index (χ1n) is 4.07. The third-order valence-electron chi connectivity index (χ3n) is 1.50. The van der Waals surface area contributed by atoms with Crippen molar-refractivity contribution in [2.45, 2.75) is 39.7 Å². The minimum absolute atomic E-state index is 0.0821. The van der Waals surface area contributed by atoms with Crippen molar-refractivity contribution in [3.63, 3.8) is 0 Å². The Morgan fingerprint density at radius 3 is 2.36 bits per heavy atom. The van der Waals surface area contributed by atoms with Crippen LogP contribution in [0.5, 0.6) is 0 Å². The molecule has 0 aliphatic heterocycles. The summed E-state index contributed by atoms with van der Waals surface area (Å²) >= 11 is 0. The van der Waals surface area contributed by atoms with Crippen molar-refractivity contribution in [2.24, 2.45) is 0 Å². The van der Waals surface area contributed by atoms with Crippen LogP contribution in [0.3, 0.4) is 0 Å². The van der Waals surface area contributed by atoms with Gasteiger partial charge in [0.25, 0.3) is 0 Å². The summed E-state index contributed by atoms with van der Waals surface area (Å²) in [6, 6.07) is 0. The van der Waals surface area contributed by atoms with E-state index in [2.05, 4.69) is 0 Å². The molecule has 0 saturated heterocycles. The predicted molar refractivity (Wildman–Crippen MR) is 45.3 cm³/mol. The molecule has 0 atom stereocenters. The van der Waals surface area contributed by atoms with E-state index in [9.17, 15) is 4.79 Å². The number of esters is 1. The van der Waals surface area contributed by atoms with E-state index in [-0.39, 0.29) is 12.1 Å². The van der Waals surface area contributed by atoms with Gasteiger partial charge in [0.05, 0.1) is 0 Å². The molecule has 0 aromatic rings. The Hall–Kier alpha value is -0.790. The third-order valence-corrected chi connectivity index (χ3v) is 1.50. The Kier molecular flexibility index (Phi) is 5.53. The van der Waals surface area contributed by atoms with Crippen molar-refractivity contribution in [1.82, 2.24) is 0 Å². The van der Waals surface area contributed by atoms with Gasteiger partial charge in [0.1, 0.15) is 6.10 Å². The molecule has 0 aromatic carbocycles. The van der Waals surface area contributed by atoms with E-state index in [4.69, 9.17) is 4.74 Å². The fourth-order valence-electron chi connectivity index (χ4n) is 0.795. The van der Waals surface area contributed by atoms with Gasteiger partial charge in [0.2, 0.25) is 0 Å². The molecule has 0 spiro atoms. The summed E-state index contributed by atoms with van der Waals surface area (Å²) in [5.74, 6) is -0.235. The number of hydrogen-bond acceptors (Lipinski definition) is 2. The average Bonchev–Trinajstić information content (AvgIpc) is 2.01. The summed E-state index contributed by atoms with van der Waals surface area (Å²) in [4.78, 5) is 10.9. The maximum atomic E-state index is 10.9. The molecule has 2 heteroatoms. The highest BCUT2D eigenvalue weighted by molar-refractivity contribution is 5.81. The predicted octanol–water partition coefficient (Wildman–Crippen LogP) is 2.29. The first-order valence-corrected chi connectivity index (χ1v) is 4.07. The van der Waals surface area contributed by atoms with Crippen LogP contribution < -0.4 is 0 Å². The molecule has 0 aliphatic carbocycles. The van der Waals surface area contributed by atoms with Crippen LogP contribution in [0.4, 0.5) is 0 Å². The first-order chi connectivity index (χ1) is 5.24. The molecular formula is C9H16O2. The smallest absolute Gasteiger partial charge is 0.330 e. The van der Waals surface area contributed by atoms with Crippen LogP contribution >= 0.6 is 0 Å². The van der Waals surface area contributed by atoms with Crippen LogP contribution in [0, 0.1) is 0 Å². The summed E-state index contributed by atoms with van der Waals surface area (Å²) in [5.41, 5.74) is 0. The summed E-state index contributed by atoms with van der Waals surface area (Å²) in [5, 5.41) is 0. The molecule has 0 unspecified atom stereocenters. The normalized spacial score (nSPS) is 10.9. The molecule has 0 aromatic heterocycles. The molecule has 11 heavy (non-hydrogen) atoms. The van der Waals surface area contributed by atoms with E-state index in [1.165, 1.54) is 6.08 Å². The van der Waals surface area contributed by atoms with E-state index in [1.54, 1.807) is 13.0 Å². The highest BCUT2D eigenvalue weighted by Crippen LogP contribution is 2.02. The van der Waals surface area contributed by atoms with Gasteiger partial charge in [-0.25, -0.2) is 4.79 Å². The number of allylic oxidation sites excluding steroid dienone is 1. The molecular weight excluding hydrogens is 140 g/mol. The molecule has 0 amide bonds. The van der Waals surface area contributed by atoms with Crippen LogP contribution in [-0.2, 0) is 9.53 Å². The van der Waals surface area contributed by atoms with Gasteiger partial charge in [0, 0.05) is 6.08 Å². The van der Waals surface area contributed by atoms with Gasteiger partial charge < -0.3 is 4.74 Å². The fourth-order valence-corrected chi connectivity index (χ4v) is 0.795. The molecule has 0 aliphatic rings. The number of ether oxygens (including phenoxy) is 1. The average molecular weight is 156 g/mol. The lowest BCUT2D eigenvalue weighted by molar-refractivity contribution is -0.143. The second-order valence-corrected chi connectivity index (χ2v) is 2.38. The summed E-state index contributed by atoms with van der Waals surface area (Å²) in [7, 11) is 0. The summed E-state index contributed by atoms with van der Waals surface area (Å²) < 4.78 is 5.06. The highest BCUT2D eigenvalue weighted by atomic mass is 16.5. The van der Waals surface area contributed by atoms with Crippen molar-refractivity contribution >= 4 is 5.97 Å². The largest absolute Gasteiger partial charge is 0.459 e. The van der Waals surface area contributed by atoms with Gasteiger partial charge in [-0.3, -0.25) is 0 Å². The minimum atomic E-state index is -0.235. The number of carbonyl (C=O) groups is 1. The monoisotopic (exact) mass is 156 g/mol. The van der Waals surface area contributed by atoms with Crippen LogP contribution in [-0.4, -0.2) is 12.1 Å². The van der Waals surface area contributed by atoms with Crippen molar-refractivity contribution in [3.8, 4) is 0 Å². The zero-order valence-corrected chi connectivity index (χ0v) is 7.46. The number of carbonyl (C=O) groups excluding carboxylic acids is 1. The first kappa shape index (κ1) is 10.2. The molecule has 0 saturated carbocycles. The quantitative estimate of drug-likeness (QED) is 0.461. The molecule has 0 rings (SSSR count). The maximum Gasteiger partial charge on any atom is 0.330 e. The lowest BCUT2D eigenvalue weighted by Gasteiger charge is -2.11. The second-order valence-electron chi connectivity index (χ2n) is 2.38. The number of rotatable bonds is 4. The van der Waals surface area contributed by atoms with E-state index in [0.717, 1.165) is 12.8 Å².